The summed E-state index contributed by atoms with van der Waals surface area (Å²) in [4.78, 5) is 0. The molecule has 1 unspecified atom stereocenters. The molecule has 0 spiro atoms. The van der Waals surface area contributed by atoms with Gasteiger partial charge in [0.15, 0.2) is 0 Å². The molecule has 0 aromatic rings. The lowest BCUT2D eigenvalue weighted by Crippen LogP contribution is -2.39. The van der Waals surface area contributed by atoms with Crippen LogP contribution in [0.15, 0.2) is 0 Å². The van der Waals surface area contributed by atoms with Crippen LogP contribution in [0.2, 0.25) is 0 Å². The molecular formula is C12H25NOS. The van der Waals surface area contributed by atoms with Crippen LogP contribution in [-0.4, -0.2) is 27.3 Å². The largest absolute Gasteiger partial charge is 0.311 e. The quantitative estimate of drug-likeness (QED) is 0.805. The molecule has 0 bridgehead atoms. The molecule has 1 atom stereocenters. The van der Waals surface area contributed by atoms with Crippen molar-refractivity contribution >= 4 is 10.8 Å². The average Bonchev–Trinajstić information content (AvgIpc) is 2.17. The summed E-state index contributed by atoms with van der Waals surface area (Å²) in [7, 11) is -0.604. The van der Waals surface area contributed by atoms with Crippen LogP contribution in [0.4, 0.5) is 0 Å². The molecule has 15 heavy (non-hydrogen) atoms. The van der Waals surface area contributed by atoms with E-state index >= 15 is 0 Å². The van der Waals surface area contributed by atoms with Gasteiger partial charge in [-0.2, -0.15) is 0 Å². The van der Waals surface area contributed by atoms with Crippen molar-refractivity contribution in [3.8, 4) is 0 Å². The molecule has 0 aromatic heterocycles. The summed E-state index contributed by atoms with van der Waals surface area (Å²) < 4.78 is 12.0. The van der Waals surface area contributed by atoms with Gasteiger partial charge in [-0.3, -0.25) is 4.21 Å². The molecule has 0 radical (unpaired) electrons. The summed E-state index contributed by atoms with van der Waals surface area (Å²) in [6, 6.07) is 0. The van der Waals surface area contributed by atoms with E-state index in [1.165, 1.54) is 32.1 Å². The lowest BCUT2D eigenvalue weighted by molar-refractivity contribution is 0.439. The number of rotatable bonds is 4. The van der Waals surface area contributed by atoms with Crippen LogP contribution in [0.3, 0.4) is 0 Å². The Morgan fingerprint density at radius 3 is 2.33 bits per heavy atom. The second kappa shape index (κ2) is 6.00. The van der Waals surface area contributed by atoms with Gasteiger partial charge in [-0.1, -0.05) is 19.3 Å². The van der Waals surface area contributed by atoms with E-state index in [9.17, 15) is 4.21 Å². The molecule has 0 saturated heterocycles. The number of nitrogens with one attached hydrogen (secondary N) is 1. The van der Waals surface area contributed by atoms with Gasteiger partial charge in [0.2, 0.25) is 0 Å². The SMILES string of the molecule is CC(C)(C)NCCS(=O)C1CCCCC1. The lowest BCUT2D eigenvalue weighted by Gasteiger charge is -2.23. The van der Waals surface area contributed by atoms with E-state index in [1.54, 1.807) is 0 Å². The zero-order valence-corrected chi connectivity index (χ0v) is 11.2. The van der Waals surface area contributed by atoms with Crippen molar-refractivity contribution in [3.05, 3.63) is 0 Å². The van der Waals surface area contributed by atoms with Gasteiger partial charge in [0.05, 0.1) is 0 Å². The molecule has 0 aromatic carbocycles. The number of hydrogen-bond acceptors (Lipinski definition) is 2. The summed E-state index contributed by atoms with van der Waals surface area (Å²) in [6.45, 7) is 7.33. The Balaban J connectivity index is 2.17. The lowest BCUT2D eigenvalue weighted by atomic mass is 10.0. The van der Waals surface area contributed by atoms with E-state index in [0.29, 0.717) is 5.25 Å². The third-order valence-corrected chi connectivity index (χ3v) is 4.70. The molecule has 2 nitrogen and oxygen atoms in total. The standard InChI is InChI=1S/C12H25NOS/c1-12(2,3)13-9-10-15(14)11-7-5-4-6-8-11/h11,13H,4-10H2,1-3H3. The fraction of sp³-hybridized carbons (Fsp3) is 1.00. The maximum absolute atomic E-state index is 12.0. The fourth-order valence-electron chi connectivity index (χ4n) is 2.02. The molecule has 3 heteroatoms. The minimum Gasteiger partial charge on any atom is -0.311 e. The normalized spacial score (nSPS) is 21.5. The van der Waals surface area contributed by atoms with Gasteiger partial charge in [-0.05, 0) is 33.6 Å². The van der Waals surface area contributed by atoms with Crippen molar-refractivity contribution in [2.45, 2.75) is 63.7 Å². The highest BCUT2D eigenvalue weighted by atomic mass is 32.2. The van der Waals surface area contributed by atoms with Crippen LogP contribution < -0.4 is 5.32 Å². The number of hydrogen-bond donors (Lipinski definition) is 1. The topological polar surface area (TPSA) is 29.1 Å². The minimum absolute atomic E-state index is 0.150. The van der Waals surface area contributed by atoms with Crippen LogP contribution >= 0.6 is 0 Å². The molecule has 1 N–H and O–H groups in total. The van der Waals surface area contributed by atoms with Gasteiger partial charge in [0.25, 0.3) is 0 Å². The smallest absolute Gasteiger partial charge is 0.0363 e. The zero-order chi connectivity index (χ0) is 11.3. The van der Waals surface area contributed by atoms with Crippen molar-refractivity contribution in [1.29, 1.82) is 0 Å². The van der Waals surface area contributed by atoms with Gasteiger partial charge in [0, 0.05) is 33.9 Å². The molecule has 1 rings (SSSR count). The van der Waals surface area contributed by atoms with Crippen molar-refractivity contribution in [3.63, 3.8) is 0 Å². The van der Waals surface area contributed by atoms with Crippen molar-refractivity contribution in [2.24, 2.45) is 0 Å². The molecule has 1 saturated carbocycles. The molecule has 1 aliphatic rings. The second-order valence-corrected chi connectivity index (χ2v) is 7.36. The van der Waals surface area contributed by atoms with Crippen molar-refractivity contribution in [1.82, 2.24) is 5.32 Å². The Morgan fingerprint density at radius 2 is 1.80 bits per heavy atom. The van der Waals surface area contributed by atoms with Crippen LogP contribution in [0.1, 0.15) is 52.9 Å². The van der Waals surface area contributed by atoms with Crippen LogP contribution in [0.25, 0.3) is 0 Å². The van der Waals surface area contributed by atoms with E-state index in [0.717, 1.165) is 12.3 Å². The summed E-state index contributed by atoms with van der Waals surface area (Å²) in [6.07, 6.45) is 6.27. The van der Waals surface area contributed by atoms with Crippen LogP contribution in [0, 0.1) is 0 Å². The predicted octanol–water partition coefficient (Wildman–Crippen LogP) is 2.46. The Kier molecular flexibility index (Phi) is 5.27. The zero-order valence-electron chi connectivity index (χ0n) is 10.3. The predicted molar refractivity (Wildman–Crippen MR) is 67.6 cm³/mol. The van der Waals surface area contributed by atoms with Crippen molar-refractivity contribution in [2.75, 3.05) is 12.3 Å². The molecular weight excluding hydrogens is 206 g/mol. The molecule has 1 aliphatic carbocycles. The molecule has 1 fully saturated rings. The second-order valence-electron chi connectivity index (χ2n) is 5.52. The van der Waals surface area contributed by atoms with Gasteiger partial charge >= 0.3 is 0 Å². The minimum atomic E-state index is -0.604. The highest BCUT2D eigenvalue weighted by Gasteiger charge is 2.19. The third kappa shape index (κ3) is 5.67. The van der Waals surface area contributed by atoms with Crippen LogP contribution in [-0.2, 0) is 10.8 Å². The van der Waals surface area contributed by atoms with E-state index in [4.69, 9.17) is 0 Å². The molecule has 90 valence electrons. The summed E-state index contributed by atoms with van der Waals surface area (Å²) in [5, 5.41) is 3.89. The Bertz CT molecular complexity index is 204. The Morgan fingerprint density at radius 1 is 1.20 bits per heavy atom. The maximum atomic E-state index is 12.0. The van der Waals surface area contributed by atoms with E-state index in [-0.39, 0.29) is 5.54 Å². The van der Waals surface area contributed by atoms with Crippen molar-refractivity contribution < 1.29 is 4.21 Å². The van der Waals surface area contributed by atoms with Gasteiger partial charge < -0.3 is 5.32 Å². The monoisotopic (exact) mass is 231 g/mol. The first kappa shape index (κ1) is 13.2. The Hall–Kier alpha value is 0.110. The van der Waals surface area contributed by atoms with Gasteiger partial charge in [-0.15, -0.1) is 0 Å². The summed E-state index contributed by atoms with van der Waals surface area (Å²) >= 11 is 0. The molecule has 0 heterocycles. The molecule has 0 amide bonds. The summed E-state index contributed by atoms with van der Waals surface area (Å²) in [5.41, 5.74) is 0.150. The average molecular weight is 231 g/mol. The van der Waals surface area contributed by atoms with E-state index in [1.807, 2.05) is 0 Å². The first-order valence-corrected chi connectivity index (χ1v) is 7.49. The molecule has 0 aliphatic heterocycles. The van der Waals surface area contributed by atoms with Crippen LogP contribution in [0.5, 0.6) is 0 Å². The Labute approximate surface area is 96.7 Å². The van der Waals surface area contributed by atoms with Gasteiger partial charge in [0.1, 0.15) is 0 Å². The first-order valence-electron chi connectivity index (χ1n) is 6.11. The highest BCUT2D eigenvalue weighted by Crippen LogP contribution is 2.21. The van der Waals surface area contributed by atoms with E-state index < -0.39 is 10.8 Å². The first-order chi connectivity index (χ1) is 6.99. The highest BCUT2D eigenvalue weighted by molar-refractivity contribution is 7.85. The third-order valence-electron chi connectivity index (χ3n) is 2.88. The fourth-order valence-corrected chi connectivity index (χ4v) is 3.52. The van der Waals surface area contributed by atoms with E-state index in [2.05, 4.69) is 26.1 Å². The maximum Gasteiger partial charge on any atom is 0.0363 e. The summed E-state index contributed by atoms with van der Waals surface area (Å²) in [5.74, 6) is 0.821. The van der Waals surface area contributed by atoms with Gasteiger partial charge in [-0.25, -0.2) is 0 Å².